The molecule has 0 spiro atoms. The molecule has 0 radical (unpaired) electrons. The van der Waals surface area contributed by atoms with Crippen LogP contribution in [0.2, 0.25) is 0 Å². The zero-order valence-corrected chi connectivity index (χ0v) is 9.56. The monoisotopic (exact) mass is 255 g/mol. The topological polar surface area (TPSA) is 61.8 Å². The van der Waals surface area contributed by atoms with Crippen molar-refractivity contribution in [3.8, 4) is 0 Å². The van der Waals surface area contributed by atoms with Gasteiger partial charge in [-0.25, -0.2) is 0 Å². The van der Waals surface area contributed by atoms with Crippen LogP contribution >= 0.6 is 0 Å². The Balaban J connectivity index is 2.08. The van der Waals surface area contributed by atoms with Gasteiger partial charge in [0.05, 0.1) is 10.6 Å². The van der Waals surface area contributed by atoms with Crippen molar-refractivity contribution < 1.29 is 12.3 Å². The van der Waals surface area contributed by atoms with Gasteiger partial charge in [0.25, 0.3) is 0 Å². The summed E-state index contributed by atoms with van der Waals surface area (Å²) in [5, 5.41) is 1.71. The molecule has 17 heavy (non-hydrogen) atoms. The maximum atomic E-state index is 12.6. The fourth-order valence-electron chi connectivity index (χ4n) is 1.32. The molecule has 0 saturated heterocycles. The molecule has 0 aromatic heterocycles. The van der Waals surface area contributed by atoms with Crippen molar-refractivity contribution in [1.29, 1.82) is 0 Å². The average Bonchev–Trinajstić information content (AvgIpc) is 2.30. The summed E-state index contributed by atoms with van der Waals surface area (Å²) in [6.07, 6.45) is 5.22. The highest BCUT2D eigenvalue weighted by Gasteiger charge is 2.11. The number of hydrazine groups is 1. The Morgan fingerprint density at radius 2 is 2.00 bits per heavy atom. The van der Waals surface area contributed by atoms with Crippen LogP contribution in [-0.2, 0) is 10.2 Å². The summed E-state index contributed by atoms with van der Waals surface area (Å²) < 4.78 is 33.8. The number of halogens is 1. The minimum absolute atomic E-state index is 0.352. The fraction of sp³-hybridized carbons (Fsp3) is 0.100. The SMILES string of the molecule is O=S(=O)(F)c1ccc(NN2C=CC=NC2)cc1. The summed E-state index contributed by atoms with van der Waals surface area (Å²) in [7, 11) is -4.63. The predicted molar refractivity (Wildman–Crippen MR) is 62.7 cm³/mol. The van der Waals surface area contributed by atoms with Gasteiger partial charge >= 0.3 is 10.2 Å². The summed E-state index contributed by atoms with van der Waals surface area (Å²) in [5.74, 6) is 0. The second kappa shape index (κ2) is 4.54. The van der Waals surface area contributed by atoms with E-state index in [0.717, 1.165) is 0 Å². The fourth-order valence-corrected chi connectivity index (χ4v) is 1.78. The zero-order valence-electron chi connectivity index (χ0n) is 8.75. The van der Waals surface area contributed by atoms with E-state index in [-0.39, 0.29) is 4.90 Å². The smallest absolute Gasteiger partial charge is 0.297 e. The molecule has 7 heteroatoms. The van der Waals surface area contributed by atoms with E-state index in [9.17, 15) is 12.3 Å². The van der Waals surface area contributed by atoms with E-state index in [0.29, 0.717) is 12.4 Å². The minimum Gasteiger partial charge on any atom is -0.297 e. The lowest BCUT2D eigenvalue weighted by Gasteiger charge is -2.21. The second-order valence-corrected chi connectivity index (χ2v) is 4.71. The predicted octanol–water partition coefficient (Wildman–Crippen LogP) is 1.53. The van der Waals surface area contributed by atoms with Gasteiger partial charge in [-0.15, -0.1) is 3.89 Å². The van der Waals surface area contributed by atoms with Gasteiger partial charge in [0.2, 0.25) is 0 Å². The van der Waals surface area contributed by atoms with Crippen molar-refractivity contribution in [3.63, 3.8) is 0 Å². The number of rotatable bonds is 3. The number of nitrogens with one attached hydrogen (secondary N) is 1. The Bertz CT molecular complexity index is 551. The van der Waals surface area contributed by atoms with Crippen LogP contribution < -0.4 is 5.43 Å². The van der Waals surface area contributed by atoms with Gasteiger partial charge < -0.3 is 0 Å². The van der Waals surface area contributed by atoms with Gasteiger partial charge in [-0.3, -0.25) is 15.4 Å². The number of hydrogen-bond donors (Lipinski definition) is 1. The van der Waals surface area contributed by atoms with Gasteiger partial charge in [0.1, 0.15) is 6.67 Å². The van der Waals surface area contributed by atoms with Gasteiger partial charge in [-0.05, 0) is 30.3 Å². The van der Waals surface area contributed by atoms with Crippen LogP contribution in [0.25, 0.3) is 0 Å². The third-order valence-electron chi connectivity index (χ3n) is 2.10. The Morgan fingerprint density at radius 1 is 1.29 bits per heavy atom. The lowest BCUT2D eigenvalue weighted by atomic mass is 10.3. The van der Waals surface area contributed by atoms with Gasteiger partial charge in [-0.1, -0.05) is 0 Å². The number of hydrogen-bond acceptors (Lipinski definition) is 5. The first-order valence-electron chi connectivity index (χ1n) is 4.80. The Labute approximate surface area is 98.5 Å². The lowest BCUT2D eigenvalue weighted by Crippen LogP contribution is -2.26. The summed E-state index contributed by atoms with van der Waals surface area (Å²) in [6.45, 7) is 0.458. The summed E-state index contributed by atoms with van der Waals surface area (Å²) in [4.78, 5) is 3.66. The Kier molecular flexibility index (Phi) is 3.10. The van der Waals surface area contributed by atoms with E-state index in [1.54, 1.807) is 23.5 Å². The van der Waals surface area contributed by atoms with Crippen molar-refractivity contribution in [2.45, 2.75) is 4.90 Å². The number of allylic oxidation sites excluding steroid dienone is 1. The largest absolute Gasteiger partial charge is 0.332 e. The molecule has 1 aromatic rings. The van der Waals surface area contributed by atoms with Crippen LogP contribution in [0.5, 0.6) is 0 Å². The summed E-state index contributed by atoms with van der Waals surface area (Å²) in [5.41, 5.74) is 3.63. The molecule has 1 N–H and O–H groups in total. The standard InChI is InChI=1S/C10H10FN3O2S/c11-17(15,16)10-4-2-9(3-5-10)13-14-7-1-6-12-8-14/h1-7,13H,8H2. The summed E-state index contributed by atoms with van der Waals surface area (Å²) in [6, 6.07) is 5.38. The van der Waals surface area contributed by atoms with Gasteiger partial charge in [-0.2, -0.15) is 8.42 Å². The molecule has 1 aromatic carbocycles. The molecule has 0 aliphatic carbocycles. The molecule has 0 unspecified atom stereocenters. The lowest BCUT2D eigenvalue weighted by molar-refractivity contribution is 0.461. The number of nitrogens with zero attached hydrogens (tertiary/aromatic N) is 2. The van der Waals surface area contributed by atoms with E-state index < -0.39 is 10.2 Å². The summed E-state index contributed by atoms with van der Waals surface area (Å²) >= 11 is 0. The second-order valence-electron chi connectivity index (χ2n) is 3.36. The molecule has 2 rings (SSSR count). The molecule has 1 aliphatic heterocycles. The first-order valence-corrected chi connectivity index (χ1v) is 6.19. The molecule has 0 atom stereocenters. The van der Waals surface area contributed by atoms with E-state index in [1.807, 2.05) is 0 Å². The first kappa shape index (κ1) is 11.6. The molecular formula is C10H10FN3O2S. The highest BCUT2D eigenvalue weighted by atomic mass is 32.3. The van der Waals surface area contributed by atoms with E-state index in [1.165, 1.54) is 24.3 Å². The molecule has 0 fully saturated rings. The Morgan fingerprint density at radius 3 is 2.53 bits per heavy atom. The number of anilines is 1. The van der Waals surface area contributed by atoms with Gasteiger partial charge in [0, 0.05) is 12.4 Å². The highest BCUT2D eigenvalue weighted by molar-refractivity contribution is 7.86. The minimum atomic E-state index is -4.63. The van der Waals surface area contributed by atoms with Crippen molar-refractivity contribution >= 4 is 22.1 Å². The van der Waals surface area contributed by atoms with Crippen LogP contribution in [0, 0.1) is 0 Å². The van der Waals surface area contributed by atoms with Crippen molar-refractivity contribution in [3.05, 3.63) is 36.5 Å². The molecule has 0 saturated carbocycles. The number of aliphatic imine (C=N–C) groups is 1. The van der Waals surface area contributed by atoms with Crippen LogP contribution in [0.3, 0.4) is 0 Å². The average molecular weight is 255 g/mol. The van der Waals surface area contributed by atoms with E-state index in [4.69, 9.17) is 0 Å². The van der Waals surface area contributed by atoms with E-state index >= 15 is 0 Å². The molecule has 90 valence electrons. The molecular weight excluding hydrogens is 245 g/mol. The quantitative estimate of drug-likeness (QED) is 0.832. The van der Waals surface area contributed by atoms with Crippen LogP contribution in [0.15, 0.2) is 46.4 Å². The third kappa shape index (κ3) is 3.04. The maximum Gasteiger partial charge on any atom is 0.332 e. The highest BCUT2D eigenvalue weighted by Crippen LogP contribution is 2.16. The number of benzene rings is 1. The van der Waals surface area contributed by atoms with Crippen LogP contribution in [0.1, 0.15) is 0 Å². The normalized spacial score (nSPS) is 15.0. The van der Waals surface area contributed by atoms with Crippen molar-refractivity contribution in [2.24, 2.45) is 4.99 Å². The maximum absolute atomic E-state index is 12.6. The van der Waals surface area contributed by atoms with Crippen LogP contribution in [0.4, 0.5) is 9.57 Å². The first-order chi connectivity index (χ1) is 8.05. The molecule has 0 amide bonds. The zero-order chi connectivity index (χ0) is 12.3. The van der Waals surface area contributed by atoms with Crippen molar-refractivity contribution in [2.75, 3.05) is 12.1 Å². The molecule has 1 heterocycles. The van der Waals surface area contributed by atoms with Crippen LogP contribution in [-0.4, -0.2) is 26.3 Å². The molecule has 5 nitrogen and oxygen atoms in total. The molecule has 0 bridgehead atoms. The third-order valence-corrected chi connectivity index (χ3v) is 2.94. The molecule has 1 aliphatic rings. The van der Waals surface area contributed by atoms with E-state index in [2.05, 4.69) is 10.4 Å². The van der Waals surface area contributed by atoms with Crippen molar-refractivity contribution in [1.82, 2.24) is 5.01 Å². The van der Waals surface area contributed by atoms with Gasteiger partial charge in [0.15, 0.2) is 0 Å². The Hall–Kier alpha value is -1.89.